The van der Waals surface area contributed by atoms with Gasteiger partial charge in [0.05, 0.1) is 18.7 Å². The SMILES string of the molecule is [C-]#[N+]c1ccc(OC2C(=O)N(Cc3nnc(-c4ccccc4C)o3)CC2(C)C)cc1C(F)(F)F. The van der Waals surface area contributed by atoms with E-state index >= 15 is 0 Å². The highest BCUT2D eigenvalue weighted by Crippen LogP contribution is 2.40. The summed E-state index contributed by atoms with van der Waals surface area (Å²) in [5, 5.41) is 8.11. The zero-order chi connectivity index (χ0) is 24.7. The molecule has 1 atom stereocenters. The third kappa shape index (κ3) is 4.46. The number of aromatic nitrogens is 2. The second-order valence-corrected chi connectivity index (χ2v) is 8.79. The molecule has 7 nitrogen and oxygen atoms in total. The number of rotatable bonds is 5. The minimum Gasteiger partial charge on any atom is -0.480 e. The highest BCUT2D eigenvalue weighted by Gasteiger charge is 2.48. The summed E-state index contributed by atoms with van der Waals surface area (Å²) in [7, 11) is 0. The minimum atomic E-state index is -4.72. The van der Waals surface area contributed by atoms with Crippen molar-refractivity contribution in [1.29, 1.82) is 0 Å². The number of nitrogens with zero attached hydrogens (tertiary/aromatic N) is 4. The second-order valence-electron chi connectivity index (χ2n) is 8.79. The van der Waals surface area contributed by atoms with E-state index in [9.17, 15) is 18.0 Å². The van der Waals surface area contributed by atoms with Gasteiger partial charge in [0.2, 0.25) is 11.8 Å². The maximum atomic E-state index is 13.3. The standard InChI is InChI=1S/C24H21F3N4O3/c1-14-7-5-6-8-16(14)21-30-29-19(34-21)12-31-13-23(2,3)20(22(31)32)33-15-9-10-18(28-4)17(11-15)24(25,26)27/h5-11,20H,12-13H2,1-3H3. The molecule has 0 bridgehead atoms. The highest BCUT2D eigenvalue weighted by molar-refractivity contribution is 5.84. The Bertz CT molecular complexity index is 1280. The average Bonchev–Trinajstić information content (AvgIpc) is 3.31. The molecule has 2 aromatic carbocycles. The first-order chi connectivity index (χ1) is 16.0. The third-order valence-electron chi connectivity index (χ3n) is 5.66. The molecule has 1 fully saturated rings. The Kier molecular flexibility index (Phi) is 5.81. The van der Waals surface area contributed by atoms with Gasteiger partial charge in [0.15, 0.2) is 11.8 Å². The monoisotopic (exact) mass is 470 g/mol. The molecule has 0 aliphatic carbocycles. The van der Waals surface area contributed by atoms with Gasteiger partial charge in [-0.2, -0.15) is 13.2 Å². The number of amides is 1. The van der Waals surface area contributed by atoms with E-state index in [1.807, 2.05) is 31.2 Å². The fraction of sp³-hybridized carbons (Fsp3) is 0.333. The van der Waals surface area contributed by atoms with Crippen LogP contribution in [-0.2, 0) is 17.5 Å². The van der Waals surface area contributed by atoms with E-state index in [4.69, 9.17) is 15.7 Å². The van der Waals surface area contributed by atoms with Gasteiger partial charge in [-0.05, 0) is 30.7 Å². The quantitative estimate of drug-likeness (QED) is 0.465. The molecule has 1 unspecified atom stereocenters. The molecular weight excluding hydrogens is 449 g/mol. The van der Waals surface area contributed by atoms with Crippen molar-refractivity contribution >= 4 is 11.6 Å². The Hall–Kier alpha value is -3.87. The zero-order valence-corrected chi connectivity index (χ0v) is 18.7. The van der Waals surface area contributed by atoms with E-state index in [2.05, 4.69) is 15.0 Å². The van der Waals surface area contributed by atoms with E-state index in [0.717, 1.165) is 23.3 Å². The Balaban J connectivity index is 1.53. The molecule has 34 heavy (non-hydrogen) atoms. The molecule has 1 amide bonds. The van der Waals surface area contributed by atoms with E-state index in [-0.39, 0.29) is 24.7 Å². The fourth-order valence-electron chi connectivity index (χ4n) is 3.95. The minimum absolute atomic E-state index is 0.0471. The molecule has 1 aromatic heterocycles. The van der Waals surface area contributed by atoms with Crippen molar-refractivity contribution in [1.82, 2.24) is 15.1 Å². The number of hydrogen-bond acceptors (Lipinski definition) is 5. The first-order valence-electron chi connectivity index (χ1n) is 10.4. The highest BCUT2D eigenvalue weighted by atomic mass is 19.4. The summed E-state index contributed by atoms with van der Waals surface area (Å²) in [5.74, 6) is 0.0475. The van der Waals surface area contributed by atoms with Gasteiger partial charge in [-0.3, -0.25) is 4.79 Å². The summed E-state index contributed by atoms with van der Waals surface area (Å²) >= 11 is 0. The molecular formula is C24H21F3N4O3. The van der Waals surface area contributed by atoms with Gasteiger partial charge in [-0.1, -0.05) is 38.1 Å². The normalized spacial score (nSPS) is 17.6. The largest absolute Gasteiger partial charge is 0.480 e. The Morgan fingerprint density at radius 2 is 1.97 bits per heavy atom. The second kappa shape index (κ2) is 8.48. The van der Waals surface area contributed by atoms with E-state index in [1.165, 1.54) is 11.0 Å². The number of likely N-dealkylation sites (tertiary alicyclic amines) is 1. The average molecular weight is 470 g/mol. The van der Waals surface area contributed by atoms with Gasteiger partial charge in [-0.25, -0.2) is 4.85 Å². The van der Waals surface area contributed by atoms with Crippen molar-refractivity contribution < 1.29 is 27.1 Å². The van der Waals surface area contributed by atoms with Crippen LogP contribution in [0.3, 0.4) is 0 Å². The topological polar surface area (TPSA) is 72.8 Å². The lowest BCUT2D eigenvalue weighted by molar-refractivity contribution is -0.137. The van der Waals surface area contributed by atoms with Crippen LogP contribution in [0.15, 0.2) is 46.9 Å². The molecule has 1 saturated heterocycles. The number of benzene rings is 2. The van der Waals surface area contributed by atoms with Crippen molar-refractivity contribution in [2.24, 2.45) is 5.41 Å². The van der Waals surface area contributed by atoms with Gasteiger partial charge in [-0.15, -0.1) is 10.2 Å². The number of halogens is 3. The molecule has 1 aliphatic heterocycles. The summed E-state index contributed by atoms with van der Waals surface area (Å²) < 4.78 is 51.4. The molecule has 0 radical (unpaired) electrons. The molecule has 10 heteroatoms. The lowest BCUT2D eigenvalue weighted by atomic mass is 9.89. The summed E-state index contributed by atoms with van der Waals surface area (Å²) in [5.41, 5.74) is -0.577. The lowest BCUT2D eigenvalue weighted by Gasteiger charge is -2.24. The number of ether oxygens (including phenoxy) is 1. The first-order valence-corrected chi connectivity index (χ1v) is 10.4. The Morgan fingerprint density at radius 1 is 1.24 bits per heavy atom. The van der Waals surface area contributed by atoms with Gasteiger partial charge in [0, 0.05) is 17.5 Å². The van der Waals surface area contributed by atoms with Gasteiger partial charge < -0.3 is 14.1 Å². The smallest absolute Gasteiger partial charge is 0.407 e. The molecule has 176 valence electrons. The molecule has 2 heterocycles. The number of carbonyl (C=O) groups is 1. The van der Waals surface area contributed by atoms with Crippen molar-refractivity contribution in [3.63, 3.8) is 0 Å². The van der Waals surface area contributed by atoms with Crippen LogP contribution in [-0.4, -0.2) is 33.7 Å². The lowest BCUT2D eigenvalue weighted by Crippen LogP contribution is -2.36. The predicted octanol–water partition coefficient (Wildman–Crippen LogP) is 5.43. The summed E-state index contributed by atoms with van der Waals surface area (Å²) in [6, 6.07) is 10.6. The van der Waals surface area contributed by atoms with Crippen LogP contribution in [0.1, 0.15) is 30.9 Å². The molecule has 0 N–H and O–H groups in total. The Morgan fingerprint density at radius 3 is 2.65 bits per heavy atom. The summed E-state index contributed by atoms with van der Waals surface area (Å²) in [4.78, 5) is 17.5. The molecule has 4 rings (SSSR count). The zero-order valence-electron chi connectivity index (χ0n) is 18.7. The van der Waals surface area contributed by atoms with Crippen molar-refractivity contribution in [2.75, 3.05) is 6.54 Å². The first kappa shape index (κ1) is 23.3. The molecule has 3 aromatic rings. The van der Waals surface area contributed by atoms with Crippen molar-refractivity contribution in [2.45, 2.75) is 39.6 Å². The van der Waals surface area contributed by atoms with Crippen LogP contribution < -0.4 is 4.74 Å². The van der Waals surface area contributed by atoms with Crippen LogP contribution in [0.2, 0.25) is 0 Å². The van der Waals surface area contributed by atoms with Crippen LogP contribution in [0.5, 0.6) is 5.75 Å². The Labute approximate surface area is 194 Å². The molecule has 0 spiro atoms. The maximum absolute atomic E-state index is 13.3. The van der Waals surface area contributed by atoms with Gasteiger partial charge in [0.1, 0.15) is 5.75 Å². The maximum Gasteiger partial charge on any atom is 0.407 e. The number of hydrogen-bond donors (Lipinski definition) is 0. The van der Waals surface area contributed by atoms with Crippen LogP contribution in [0, 0.1) is 18.9 Å². The summed E-state index contributed by atoms with van der Waals surface area (Å²) in [6.45, 7) is 12.8. The number of alkyl halides is 3. The summed E-state index contributed by atoms with van der Waals surface area (Å²) in [6.07, 6.45) is -5.74. The van der Waals surface area contributed by atoms with Crippen LogP contribution in [0.25, 0.3) is 16.3 Å². The number of aryl methyl sites for hydroxylation is 1. The van der Waals surface area contributed by atoms with Crippen LogP contribution in [0.4, 0.5) is 18.9 Å². The third-order valence-corrected chi connectivity index (χ3v) is 5.66. The molecule has 0 saturated carbocycles. The van der Waals surface area contributed by atoms with E-state index in [0.29, 0.717) is 5.89 Å². The van der Waals surface area contributed by atoms with E-state index < -0.39 is 34.9 Å². The predicted molar refractivity (Wildman–Crippen MR) is 116 cm³/mol. The fourth-order valence-corrected chi connectivity index (χ4v) is 3.95. The van der Waals surface area contributed by atoms with E-state index in [1.54, 1.807) is 13.8 Å². The van der Waals surface area contributed by atoms with Crippen LogP contribution >= 0.6 is 0 Å². The van der Waals surface area contributed by atoms with Gasteiger partial charge >= 0.3 is 6.18 Å². The van der Waals surface area contributed by atoms with Crippen molar-refractivity contribution in [3.8, 4) is 17.2 Å². The number of carbonyl (C=O) groups excluding carboxylic acids is 1. The van der Waals surface area contributed by atoms with Crippen molar-refractivity contribution in [3.05, 3.63) is 70.9 Å². The van der Waals surface area contributed by atoms with Gasteiger partial charge in [0.25, 0.3) is 5.91 Å². The molecule has 1 aliphatic rings.